The number of esters is 3. The van der Waals surface area contributed by atoms with Crippen LogP contribution in [0.25, 0.3) is 0 Å². The van der Waals surface area contributed by atoms with E-state index in [2.05, 4.69) is 69.4 Å². The quantitative estimate of drug-likeness (QED) is 0.0263. The maximum atomic E-state index is 12.8. The van der Waals surface area contributed by atoms with Gasteiger partial charge >= 0.3 is 17.9 Å². The fourth-order valence-corrected chi connectivity index (χ4v) is 7.04. The number of allylic oxidation sites excluding steroid dienone is 8. The zero-order chi connectivity index (χ0) is 43.0. The number of ether oxygens (including phenoxy) is 3. The van der Waals surface area contributed by atoms with Crippen molar-refractivity contribution in [3.8, 4) is 0 Å². The van der Waals surface area contributed by atoms with Gasteiger partial charge in [0.2, 0.25) is 0 Å². The molecule has 0 saturated heterocycles. The van der Waals surface area contributed by atoms with Gasteiger partial charge in [0.1, 0.15) is 13.2 Å². The number of rotatable bonds is 45. The molecule has 1 atom stereocenters. The van der Waals surface area contributed by atoms with Gasteiger partial charge in [-0.3, -0.25) is 14.4 Å². The lowest BCUT2D eigenvalue weighted by atomic mass is 10.1. The molecule has 0 bridgehead atoms. The summed E-state index contributed by atoms with van der Waals surface area (Å²) in [7, 11) is 0. The van der Waals surface area contributed by atoms with Gasteiger partial charge in [0.25, 0.3) is 0 Å². The third kappa shape index (κ3) is 46.3. The van der Waals surface area contributed by atoms with Gasteiger partial charge in [-0.15, -0.1) is 0 Å². The molecule has 1 unspecified atom stereocenters. The Morgan fingerprint density at radius 3 is 1.07 bits per heavy atom. The molecule has 0 amide bonds. The van der Waals surface area contributed by atoms with E-state index in [-0.39, 0.29) is 31.1 Å². The van der Waals surface area contributed by atoms with Crippen LogP contribution in [-0.2, 0) is 28.6 Å². The van der Waals surface area contributed by atoms with Crippen LogP contribution in [0.4, 0.5) is 0 Å². The fourth-order valence-electron chi connectivity index (χ4n) is 7.04. The van der Waals surface area contributed by atoms with Crippen LogP contribution in [0.3, 0.4) is 0 Å². The lowest BCUT2D eigenvalue weighted by molar-refractivity contribution is -0.167. The Morgan fingerprint density at radius 1 is 0.356 bits per heavy atom. The smallest absolute Gasteiger partial charge is 0.306 e. The minimum Gasteiger partial charge on any atom is -0.462 e. The molecule has 342 valence electrons. The van der Waals surface area contributed by atoms with Crippen LogP contribution in [0.5, 0.6) is 0 Å². The van der Waals surface area contributed by atoms with Gasteiger partial charge in [0, 0.05) is 19.3 Å². The van der Waals surface area contributed by atoms with E-state index < -0.39 is 6.10 Å². The summed E-state index contributed by atoms with van der Waals surface area (Å²) in [5, 5.41) is 0. The van der Waals surface area contributed by atoms with E-state index in [1.54, 1.807) is 0 Å². The van der Waals surface area contributed by atoms with Crippen molar-refractivity contribution in [2.75, 3.05) is 13.2 Å². The Morgan fingerprint density at radius 2 is 0.661 bits per heavy atom. The molecule has 0 radical (unpaired) electrons. The van der Waals surface area contributed by atoms with Crippen molar-refractivity contribution in [3.63, 3.8) is 0 Å². The molecule has 0 aromatic rings. The monoisotopic (exact) mass is 827 g/mol. The molecule has 0 aliphatic rings. The maximum absolute atomic E-state index is 12.8. The third-order valence-corrected chi connectivity index (χ3v) is 10.8. The Bertz CT molecular complexity index is 1040. The molecule has 0 heterocycles. The van der Waals surface area contributed by atoms with Gasteiger partial charge in [-0.25, -0.2) is 0 Å². The Kier molecular flexibility index (Phi) is 45.9. The molecule has 0 N–H and O–H groups in total. The van der Waals surface area contributed by atoms with Crippen molar-refractivity contribution in [1.82, 2.24) is 0 Å². The van der Waals surface area contributed by atoms with Crippen LogP contribution in [0, 0.1) is 0 Å². The van der Waals surface area contributed by atoms with E-state index in [9.17, 15) is 14.4 Å². The standard InChI is InChI=1S/C53H94O6/c1-4-7-10-13-16-19-22-24-26-28-29-31-34-37-40-43-46-52(55)58-49-50(48-57-51(54)45-42-39-36-33-21-18-15-12-9-6-3)59-53(56)47-44-41-38-35-32-30-27-25-23-20-17-14-11-8-5-2/h7,10,16,19-20,23-24,26,50H,4-6,8-9,11-15,17-18,21-22,25,27-49H2,1-3H3/b10-7-,19-16-,23-20-,26-24-. The Balaban J connectivity index is 4.36. The summed E-state index contributed by atoms with van der Waals surface area (Å²) in [6.07, 6.45) is 56.6. The molecule has 0 aliphatic carbocycles. The molecule has 0 saturated carbocycles. The highest BCUT2D eigenvalue weighted by molar-refractivity contribution is 5.71. The molecular weight excluding hydrogens is 733 g/mol. The first-order chi connectivity index (χ1) is 29.0. The van der Waals surface area contributed by atoms with Crippen LogP contribution in [-0.4, -0.2) is 37.2 Å². The number of carbonyl (C=O) groups is 3. The number of unbranched alkanes of at least 4 members (excludes halogenated alkanes) is 26. The molecule has 0 aromatic heterocycles. The lowest BCUT2D eigenvalue weighted by Crippen LogP contribution is -2.30. The average molecular weight is 827 g/mol. The number of hydrogen-bond donors (Lipinski definition) is 0. The van der Waals surface area contributed by atoms with Crippen molar-refractivity contribution >= 4 is 17.9 Å². The highest BCUT2D eigenvalue weighted by Crippen LogP contribution is 2.15. The molecule has 6 heteroatoms. The van der Waals surface area contributed by atoms with Gasteiger partial charge in [-0.1, -0.05) is 204 Å². The molecule has 0 fully saturated rings. The van der Waals surface area contributed by atoms with Crippen LogP contribution < -0.4 is 0 Å². The zero-order valence-corrected chi connectivity index (χ0v) is 39.0. The van der Waals surface area contributed by atoms with Gasteiger partial charge in [0.15, 0.2) is 6.10 Å². The molecule has 0 aromatic carbocycles. The topological polar surface area (TPSA) is 78.9 Å². The van der Waals surface area contributed by atoms with E-state index in [0.717, 1.165) is 83.5 Å². The van der Waals surface area contributed by atoms with E-state index >= 15 is 0 Å². The molecular formula is C53H94O6. The minimum atomic E-state index is -0.776. The first kappa shape index (κ1) is 56.4. The van der Waals surface area contributed by atoms with E-state index in [4.69, 9.17) is 14.2 Å². The van der Waals surface area contributed by atoms with Crippen LogP contribution in [0.1, 0.15) is 252 Å². The maximum Gasteiger partial charge on any atom is 0.306 e. The molecule has 6 nitrogen and oxygen atoms in total. The lowest BCUT2D eigenvalue weighted by Gasteiger charge is -2.18. The van der Waals surface area contributed by atoms with E-state index in [1.165, 1.54) is 128 Å². The predicted octanol–water partition coefficient (Wildman–Crippen LogP) is 16.3. The van der Waals surface area contributed by atoms with Crippen molar-refractivity contribution in [2.45, 2.75) is 258 Å². The van der Waals surface area contributed by atoms with Gasteiger partial charge < -0.3 is 14.2 Å². The summed E-state index contributed by atoms with van der Waals surface area (Å²) in [6, 6.07) is 0. The van der Waals surface area contributed by atoms with Gasteiger partial charge in [-0.05, 0) is 77.0 Å². The number of hydrogen-bond acceptors (Lipinski definition) is 6. The van der Waals surface area contributed by atoms with Gasteiger partial charge in [0.05, 0.1) is 0 Å². The summed E-state index contributed by atoms with van der Waals surface area (Å²) >= 11 is 0. The second-order valence-electron chi connectivity index (χ2n) is 16.7. The molecule has 0 rings (SSSR count). The molecule has 0 spiro atoms. The Hall–Kier alpha value is -2.63. The van der Waals surface area contributed by atoms with Crippen molar-refractivity contribution in [1.29, 1.82) is 0 Å². The Labute approximate surface area is 365 Å². The first-order valence-electron chi connectivity index (χ1n) is 25.1. The van der Waals surface area contributed by atoms with Crippen LogP contribution in [0.2, 0.25) is 0 Å². The van der Waals surface area contributed by atoms with Crippen molar-refractivity contribution < 1.29 is 28.6 Å². The normalized spacial score (nSPS) is 12.4. The predicted molar refractivity (Wildman–Crippen MR) is 252 cm³/mol. The highest BCUT2D eigenvalue weighted by Gasteiger charge is 2.19. The molecule has 0 aliphatic heterocycles. The average Bonchev–Trinajstić information content (AvgIpc) is 3.23. The fraction of sp³-hybridized carbons (Fsp3) is 0.792. The van der Waals surface area contributed by atoms with E-state index in [0.29, 0.717) is 19.3 Å². The van der Waals surface area contributed by atoms with Crippen LogP contribution >= 0.6 is 0 Å². The summed E-state index contributed by atoms with van der Waals surface area (Å²) in [5.74, 6) is -0.891. The van der Waals surface area contributed by atoms with Gasteiger partial charge in [-0.2, -0.15) is 0 Å². The second-order valence-corrected chi connectivity index (χ2v) is 16.7. The third-order valence-electron chi connectivity index (χ3n) is 10.8. The largest absolute Gasteiger partial charge is 0.462 e. The highest BCUT2D eigenvalue weighted by atomic mass is 16.6. The summed E-state index contributed by atoms with van der Waals surface area (Å²) in [6.45, 7) is 6.50. The summed E-state index contributed by atoms with van der Waals surface area (Å²) < 4.78 is 16.8. The summed E-state index contributed by atoms with van der Waals surface area (Å²) in [4.78, 5) is 37.9. The minimum absolute atomic E-state index is 0.0772. The molecule has 59 heavy (non-hydrogen) atoms. The number of carbonyl (C=O) groups excluding carboxylic acids is 3. The van der Waals surface area contributed by atoms with Crippen molar-refractivity contribution in [2.24, 2.45) is 0 Å². The van der Waals surface area contributed by atoms with Crippen molar-refractivity contribution in [3.05, 3.63) is 48.6 Å². The van der Waals surface area contributed by atoms with E-state index in [1.807, 2.05) is 0 Å². The second kappa shape index (κ2) is 48.0. The van der Waals surface area contributed by atoms with Crippen LogP contribution in [0.15, 0.2) is 48.6 Å². The first-order valence-corrected chi connectivity index (χ1v) is 25.1. The SMILES string of the molecule is CC/C=C\C/C=C\C/C=C\CCCCCCCCC(=O)OCC(COC(=O)CCCCCCCCCCCC)OC(=O)CCCCCCCCC/C=C\CCCCCC. The summed E-state index contributed by atoms with van der Waals surface area (Å²) in [5.41, 5.74) is 0. The zero-order valence-electron chi connectivity index (χ0n) is 39.0.